The summed E-state index contributed by atoms with van der Waals surface area (Å²) in [5, 5.41) is 28.3. The number of hydrogen-bond donors (Lipinski definition) is 4. The summed E-state index contributed by atoms with van der Waals surface area (Å²) in [6.45, 7) is -0.324. The van der Waals surface area contributed by atoms with Crippen molar-refractivity contribution in [1.82, 2.24) is 0 Å². The first-order chi connectivity index (χ1) is 8.60. The Kier molecular flexibility index (Phi) is 4.03. The Morgan fingerprint density at radius 3 is 2.50 bits per heavy atom. The average molecular weight is 255 g/mol. The number of anilines is 1. The van der Waals surface area contributed by atoms with Gasteiger partial charge in [-0.05, 0) is 24.3 Å². The summed E-state index contributed by atoms with van der Waals surface area (Å²) in [6.07, 6.45) is -3.39. The fraction of sp³-hybridized carbons (Fsp3) is 0.500. The predicted octanol–water partition coefficient (Wildman–Crippen LogP) is -0.523. The Balaban J connectivity index is 2.01. The van der Waals surface area contributed by atoms with Gasteiger partial charge in [0.15, 0.2) is 0 Å². The Morgan fingerprint density at radius 2 is 1.89 bits per heavy atom. The van der Waals surface area contributed by atoms with Gasteiger partial charge in [-0.1, -0.05) is 0 Å². The average Bonchev–Trinajstić information content (AvgIpc) is 2.35. The van der Waals surface area contributed by atoms with E-state index in [1.165, 1.54) is 0 Å². The van der Waals surface area contributed by atoms with Crippen molar-refractivity contribution in [3.63, 3.8) is 0 Å². The molecule has 0 amide bonds. The molecule has 1 aliphatic heterocycles. The zero-order chi connectivity index (χ0) is 13.1. The van der Waals surface area contributed by atoms with E-state index in [9.17, 15) is 10.2 Å². The lowest BCUT2D eigenvalue weighted by Crippen LogP contribution is -2.50. The second-order valence-corrected chi connectivity index (χ2v) is 4.28. The van der Waals surface area contributed by atoms with Crippen LogP contribution in [0, 0.1) is 0 Å². The van der Waals surface area contributed by atoms with Crippen LogP contribution in [-0.2, 0) is 4.74 Å². The molecule has 0 unspecified atom stereocenters. The maximum atomic E-state index is 9.75. The number of hydrogen-bond acceptors (Lipinski definition) is 6. The third-order valence-corrected chi connectivity index (χ3v) is 2.85. The Morgan fingerprint density at radius 1 is 1.22 bits per heavy atom. The predicted molar refractivity (Wildman–Crippen MR) is 63.9 cm³/mol. The van der Waals surface area contributed by atoms with Crippen LogP contribution in [-0.4, -0.2) is 46.5 Å². The number of nitrogen functional groups attached to an aromatic ring is 1. The fourth-order valence-electron chi connectivity index (χ4n) is 1.82. The van der Waals surface area contributed by atoms with Crippen LogP contribution in [0.5, 0.6) is 5.75 Å². The summed E-state index contributed by atoms with van der Waals surface area (Å²) in [5.74, 6) is 0.501. The largest absolute Gasteiger partial charge is 0.462 e. The number of benzene rings is 1. The van der Waals surface area contributed by atoms with E-state index in [2.05, 4.69) is 0 Å². The minimum atomic E-state index is -0.944. The molecule has 1 heterocycles. The number of nitrogens with two attached hydrogens (primary N) is 1. The van der Waals surface area contributed by atoms with Gasteiger partial charge < -0.3 is 30.5 Å². The van der Waals surface area contributed by atoms with Crippen molar-refractivity contribution in [2.24, 2.45) is 0 Å². The van der Waals surface area contributed by atoms with E-state index in [0.717, 1.165) is 0 Å². The molecule has 0 aromatic heterocycles. The minimum Gasteiger partial charge on any atom is -0.462 e. The van der Waals surface area contributed by atoms with Gasteiger partial charge in [0.25, 0.3) is 0 Å². The molecule has 6 heteroatoms. The maximum absolute atomic E-state index is 9.75. The Hall–Kier alpha value is -1.34. The van der Waals surface area contributed by atoms with Gasteiger partial charge in [-0.3, -0.25) is 0 Å². The molecule has 1 aromatic carbocycles. The van der Waals surface area contributed by atoms with Crippen LogP contribution in [0.25, 0.3) is 0 Å². The molecular formula is C12H17NO5. The van der Waals surface area contributed by atoms with Crippen molar-refractivity contribution < 1.29 is 24.8 Å². The molecule has 2 rings (SSSR count). The van der Waals surface area contributed by atoms with Crippen LogP contribution in [0.1, 0.15) is 6.42 Å². The highest BCUT2D eigenvalue weighted by Crippen LogP contribution is 2.24. The molecule has 0 radical (unpaired) electrons. The van der Waals surface area contributed by atoms with Crippen molar-refractivity contribution in [2.75, 3.05) is 12.3 Å². The Labute approximate surface area is 105 Å². The second kappa shape index (κ2) is 5.53. The van der Waals surface area contributed by atoms with E-state index in [0.29, 0.717) is 11.4 Å². The molecule has 1 aromatic rings. The quantitative estimate of drug-likeness (QED) is 0.541. The molecule has 1 saturated heterocycles. The SMILES string of the molecule is Nc1ccc(O[C@@H]2O[C@H](CO)[C@H](O)C[C@H]2O)cc1. The van der Waals surface area contributed by atoms with Gasteiger partial charge in [-0.2, -0.15) is 0 Å². The smallest absolute Gasteiger partial charge is 0.226 e. The van der Waals surface area contributed by atoms with E-state index in [4.69, 9.17) is 20.3 Å². The molecule has 4 atom stereocenters. The molecule has 1 fully saturated rings. The van der Waals surface area contributed by atoms with Crippen molar-refractivity contribution in [2.45, 2.75) is 31.0 Å². The number of aliphatic hydroxyl groups excluding tert-OH is 3. The van der Waals surface area contributed by atoms with Gasteiger partial charge in [-0.15, -0.1) is 0 Å². The third kappa shape index (κ3) is 2.91. The summed E-state index contributed by atoms with van der Waals surface area (Å²) in [4.78, 5) is 0. The summed E-state index contributed by atoms with van der Waals surface area (Å²) < 4.78 is 10.7. The van der Waals surface area contributed by atoms with Gasteiger partial charge in [0.2, 0.25) is 6.29 Å². The van der Waals surface area contributed by atoms with Crippen LogP contribution in [0.15, 0.2) is 24.3 Å². The molecule has 6 nitrogen and oxygen atoms in total. The normalized spacial score (nSPS) is 32.2. The molecule has 0 bridgehead atoms. The highest BCUT2D eigenvalue weighted by molar-refractivity contribution is 5.41. The van der Waals surface area contributed by atoms with E-state index >= 15 is 0 Å². The van der Waals surface area contributed by atoms with Crippen molar-refractivity contribution in [3.8, 4) is 5.75 Å². The maximum Gasteiger partial charge on any atom is 0.226 e. The monoisotopic (exact) mass is 255 g/mol. The zero-order valence-electron chi connectivity index (χ0n) is 9.77. The molecule has 1 aliphatic rings. The lowest BCUT2D eigenvalue weighted by Gasteiger charge is -2.36. The van der Waals surface area contributed by atoms with Crippen LogP contribution in [0.4, 0.5) is 5.69 Å². The molecule has 100 valence electrons. The first-order valence-electron chi connectivity index (χ1n) is 5.75. The van der Waals surface area contributed by atoms with Crippen molar-refractivity contribution in [3.05, 3.63) is 24.3 Å². The summed E-state index contributed by atoms with van der Waals surface area (Å²) >= 11 is 0. The number of aliphatic hydroxyl groups is 3. The van der Waals surface area contributed by atoms with E-state index in [1.54, 1.807) is 24.3 Å². The topological polar surface area (TPSA) is 105 Å². The van der Waals surface area contributed by atoms with Gasteiger partial charge in [0.1, 0.15) is 18.0 Å². The molecular weight excluding hydrogens is 238 g/mol. The van der Waals surface area contributed by atoms with E-state index in [1.807, 2.05) is 0 Å². The Bertz CT molecular complexity index is 383. The molecule has 0 aliphatic carbocycles. The first-order valence-corrected chi connectivity index (χ1v) is 5.75. The number of rotatable bonds is 3. The van der Waals surface area contributed by atoms with Crippen molar-refractivity contribution >= 4 is 5.69 Å². The van der Waals surface area contributed by atoms with Gasteiger partial charge in [0, 0.05) is 12.1 Å². The standard InChI is InChI=1S/C12H17NO5/c13-7-1-3-8(4-2-7)17-12-10(16)5-9(15)11(6-14)18-12/h1-4,9-12,14-16H,5-6,13H2/t9-,10-,11-,12-/m1/s1. The summed E-state index contributed by atoms with van der Waals surface area (Å²) in [7, 11) is 0. The molecule has 5 N–H and O–H groups in total. The fourth-order valence-corrected chi connectivity index (χ4v) is 1.82. The summed E-state index contributed by atoms with van der Waals surface area (Å²) in [6, 6.07) is 6.65. The van der Waals surface area contributed by atoms with E-state index in [-0.39, 0.29) is 13.0 Å². The highest BCUT2D eigenvalue weighted by atomic mass is 16.7. The van der Waals surface area contributed by atoms with Gasteiger partial charge in [0.05, 0.1) is 12.7 Å². The van der Waals surface area contributed by atoms with Gasteiger partial charge in [-0.25, -0.2) is 0 Å². The van der Waals surface area contributed by atoms with Crippen LogP contribution in [0.2, 0.25) is 0 Å². The molecule has 0 saturated carbocycles. The lowest BCUT2D eigenvalue weighted by atomic mass is 10.0. The highest BCUT2D eigenvalue weighted by Gasteiger charge is 2.37. The minimum absolute atomic E-state index is 0.102. The molecule has 18 heavy (non-hydrogen) atoms. The first kappa shape index (κ1) is 13.1. The third-order valence-electron chi connectivity index (χ3n) is 2.85. The van der Waals surface area contributed by atoms with Crippen LogP contribution in [0.3, 0.4) is 0 Å². The lowest BCUT2D eigenvalue weighted by molar-refractivity contribution is -0.240. The van der Waals surface area contributed by atoms with E-state index < -0.39 is 24.6 Å². The van der Waals surface area contributed by atoms with Crippen LogP contribution >= 0.6 is 0 Å². The zero-order valence-corrected chi connectivity index (χ0v) is 9.77. The summed E-state index contributed by atoms with van der Waals surface area (Å²) in [5.41, 5.74) is 6.15. The number of ether oxygens (including phenoxy) is 2. The van der Waals surface area contributed by atoms with Crippen LogP contribution < -0.4 is 10.5 Å². The van der Waals surface area contributed by atoms with Crippen molar-refractivity contribution in [1.29, 1.82) is 0 Å². The van der Waals surface area contributed by atoms with Gasteiger partial charge >= 0.3 is 0 Å². The molecule has 0 spiro atoms. The second-order valence-electron chi connectivity index (χ2n) is 4.28.